The molecule has 0 saturated carbocycles. The number of benzene rings is 3. The third kappa shape index (κ3) is 6.14. The molecule has 0 atom stereocenters. The Labute approximate surface area is 177 Å². The van der Waals surface area contributed by atoms with E-state index in [1.165, 1.54) is 48.5 Å². The van der Waals surface area contributed by atoms with E-state index in [-0.39, 0.29) is 24.2 Å². The fraction of sp³-hybridized carbons (Fsp3) is 0.0870. The van der Waals surface area contributed by atoms with E-state index in [0.29, 0.717) is 22.5 Å². The standard InChI is InChI=1S/C23H19FN2O5/c1-2-30-23(29)31-20-13-5-16(6-14-20)22(28)26-19-11-9-18(10-12-19)25-21(27)15-3-7-17(24)8-4-15/h3-14H,2H2,1H3,(H,25,27)(H,26,28). The molecule has 2 amide bonds. The Hall–Kier alpha value is -4.20. The molecule has 0 aliphatic heterocycles. The van der Waals surface area contributed by atoms with Crippen LogP contribution in [0.15, 0.2) is 72.8 Å². The first-order valence-corrected chi connectivity index (χ1v) is 9.37. The molecule has 31 heavy (non-hydrogen) atoms. The molecule has 7 nitrogen and oxygen atoms in total. The van der Waals surface area contributed by atoms with Crippen molar-refractivity contribution in [3.63, 3.8) is 0 Å². The number of hydrogen-bond acceptors (Lipinski definition) is 5. The smallest absolute Gasteiger partial charge is 0.434 e. The molecule has 8 heteroatoms. The van der Waals surface area contributed by atoms with Crippen LogP contribution in [-0.2, 0) is 4.74 Å². The van der Waals surface area contributed by atoms with Crippen molar-refractivity contribution in [2.75, 3.05) is 17.2 Å². The number of hydrogen-bond donors (Lipinski definition) is 2. The normalized spacial score (nSPS) is 10.1. The Balaban J connectivity index is 1.56. The van der Waals surface area contributed by atoms with Crippen molar-refractivity contribution in [2.24, 2.45) is 0 Å². The van der Waals surface area contributed by atoms with Gasteiger partial charge >= 0.3 is 6.16 Å². The van der Waals surface area contributed by atoms with Gasteiger partial charge < -0.3 is 20.1 Å². The lowest BCUT2D eigenvalue weighted by Crippen LogP contribution is -2.13. The van der Waals surface area contributed by atoms with Crippen LogP contribution >= 0.6 is 0 Å². The minimum absolute atomic E-state index is 0.202. The average molecular weight is 422 g/mol. The van der Waals surface area contributed by atoms with E-state index in [9.17, 15) is 18.8 Å². The fourth-order valence-electron chi connectivity index (χ4n) is 2.56. The Morgan fingerprint density at radius 1 is 0.742 bits per heavy atom. The predicted octanol–water partition coefficient (Wildman–Crippen LogP) is 4.87. The summed E-state index contributed by atoms with van der Waals surface area (Å²) in [5.74, 6) is -0.887. The molecule has 0 aliphatic rings. The fourth-order valence-corrected chi connectivity index (χ4v) is 2.56. The van der Waals surface area contributed by atoms with Gasteiger partial charge in [0.05, 0.1) is 6.61 Å². The minimum atomic E-state index is -0.814. The van der Waals surface area contributed by atoms with Crippen molar-refractivity contribution in [3.8, 4) is 5.75 Å². The molecule has 3 aromatic carbocycles. The summed E-state index contributed by atoms with van der Waals surface area (Å²) in [7, 11) is 0. The Morgan fingerprint density at radius 2 is 1.19 bits per heavy atom. The van der Waals surface area contributed by atoms with Gasteiger partial charge in [-0.2, -0.15) is 0 Å². The molecular formula is C23H19FN2O5. The van der Waals surface area contributed by atoms with Crippen molar-refractivity contribution in [3.05, 3.63) is 89.7 Å². The van der Waals surface area contributed by atoms with E-state index in [1.807, 2.05) is 0 Å². The zero-order chi connectivity index (χ0) is 22.2. The monoisotopic (exact) mass is 422 g/mol. The van der Waals surface area contributed by atoms with Gasteiger partial charge in [0.2, 0.25) is 0 Å². The maximum atomic E-state index is 13.0. The van der Waals surface area contributed by atoms with Gasteiger partial charge in [0, 0.05) is 22.5 Å². The first kappa shape index (κ1) is 21.5. The van der Waals surface area contributed by atoms with Crippen LogP contribution in [-0.4, -0.2) is 24.6 Å². The second kappa shape index (κ2) is 10.0. The van der Waals surface area contributed by atoms with Crippen LogP contribution in [0.1, 0.15) is 27.6 Å². The lowest BCUT2D eigenvalue weighted by molar-refractivity contribution is 0.101. The van der Waals surface area contributed by atoms with Crippen LogP contribution in [0.25, 0.3) is 0 Å². The van der Waals surface area contributed by atoms with Crippen molar-refractivity contribution in [1.82, 2.24) is 0 Å². The molecule has 0 heterocycles. The highest BCUT2D eigenvalue weighted by molar-refractivity contribution is 6.05. The van der Waals surface area contributed by atoms with Crippen molar-refractivity contribution in [1.29, 1.82) is 0 Å². The minimum Gasteiger partial charge on any atom is -0.434 e. The molecule has 0 radical (unpaired) electrons. The highest BCUT2D eigenvalue weighted by Crippen LogP contribution is 2.17. The van der Waals surface area contributed by atoms with Gasteiger partial charge in [-0.05, 0) is 79.7 Å². The highest BCUT2D eigenvalue weighted by atomic mass is 19.1. The van der Waals surface area contributed by atoms with E-state index < -0.39 is 12.0 Å². The number of ether oxygens (including phenoxy) is 2. The molecule has 158 valence electrons. The topological polar surface area (TPSA) is 93.7 Å². The van der Waals surface area contributed by atoms with Crippen LogP contribution < -0.4 is 15.4 Å². The SMILES string of the molecule is CCOC(=O)Oc1ccc(C(=O)Nc2ccc(NC(=O)c3ccc(F)cc3)cc2)cc1. The van der Waals surface area contributed by atoms with Crippen molar-refractivity contribution in [2.45, 2.75) is 6.92 Å². The van der Waals surface area contributed by atoms with Gasteiger partial charge in [0.25, 0.3) is 11.8 Å². The summed E-state index contributed by atoms with van der Waals surface area (Å²) in [4.78, 5) is 35.8. The van der Waals surface area contributed by atoms with E-state index in [2.05, 4.69) is 15.4 Å². The van der Waals surface area contributed by atoms with E-state index in [1.54, 1.807) is 31.2 Å². The Bertz CT molecular complexity index is 1060. The molecule has 0 aromatic heterocycles. The number of amides is 2. The molecular weight excluding hydrogens is 403 g/mol. The molecule has 0 bridgehead atoms. The summed E-state index contributed by atoms with van der Waals surface area (Å²) in [6, 6.07) is 17.7. The van der Waals surface area contributed by atoms with Crippen LogP contribution in [0.5, 0.6) is 5.75 Å². The molecule has 2 N–H and O–H groups in total. The maximum Gasteiger partial charge on any atom is 0.513 e. The second-order valence-corrected chi connectivity index (χ2v) is 6.30. The van der Waals surface area contributed by atoms with Crippen LogP contribution in [0.2, 0.25) is 0 Å². The first-order valence-electron chi connectivity index (χ1n) is 9.37. The zero-order valence-corrected chi connectivity index (χ0v) is 16.6. The number of nitrogens with one attached hydrogen (secondary N) is 2. The van der Waals surface area contributed by atoms with Gasteiger partial charge in [-0.15, -0.1) is 0 Å². The number of carbonyl (C=O) groups is 3. The van der Waals surface area contributed by atoms with Crippen molar-refractivity contribution >= 4 is 29.3 Å². The van der Waals surface area contributed by atoms with E-state index in [4.69, 9.17) is 4.74 Å². The van der Waals surface area contributed by atoms with Gasteiger partial charge in [-0.25, -0.2) is 9.18 Å². The molecule has 0 fully saturated rings. The van der Waals surface area contributed by atoms with Gasteiger partial charge in [0.15, 0.2) is 0 Å². The van der Waals surface area contributed by atoms with Crippen molar-refractivity contribution < 1.29 is 28.2 Å². The van der Waals surface area contributed by atoms with Gasteiger partial charge in [-0.3, -0.25) is 9.59 Å². The number of anilines is 2. The van der Waals surface area contributed by atoms with E-state index in [0.717, 1.165) is 0 Å². The molecule has 0 spiro atoms. The molecule has 0 saturated heterocycles. The molecule has 0 aliphatic carbocycles. The number of halogens is 1. The highest BCUT2D eigenvalue weighted by Gasteiger charge is 2.10. The molecule has 3 aromatic rings. The van der Waals surface area contributed by atoms with Gasteiger partial charge in [0.1, 0.15) is 11.6 Å². The summed E-state index contributed by atoms with van der Waals surface area (Å²) in [6.45, 7) is 1.87. The maximum absolute atomic E-state index is 13.0. The Morgan fingerprint density at radius 3 is 1.65 bits per heavy atom. The van der Waals surface area contributed by atoms with Gasteiger partial charge in [-0.1, -0.05) is 0 Å². The van der Waals surface area contributed by atoms with E-state index >= 15 is 0 Å². The largest absolute Gasteiger partial charge is 0.513 e. The third-order valence-electron chi connectivity index (χ3n) is 4.09. The molecule has 0 unspecified atom stereocenters. The zero-order valence-electron chi connectivity index (χ0n) is 16.6. The van der Waals surface area contributed by atoms with Crippen LogP contribution in [0.4, 0.5) is 20.6 Å². The van der Waals surface area contributed by atoms with Crippen LogP contribution in [0, 0.1) is 5.82 Å². The lowest BCUT2D eigenvalue weighted by atomic mass is 10.2. The lowest BCUT2D eigenvalue weighted by Gasteiger charge is -2.09. The first-order chi connectivity index (χ1) is 14.9. The quantitative estimate of drug-likeness (QED) is 0.437. The summed E-state index contributed by atoms with van der Waals surface area (Å²) in [6.07, 6.45) is -0.814. The summed E-state index contributed by atoms with van der Waals surface area (Å²) < 4.78 is 22.6. The summed E-state index contributed by atoms with van der Waals surface area (Å²) in [5.41, 5.74) is 1.74. The number of rotatable bonds is 6. The number of carbonyl (C=O) groups excluding carboxylic acids is 3. The van der Waals surface area contributed by atoms with Crippen LogP contribution in [0.3, 0.4) is 0 Å². The molecule has 3 rings (SSSR count). The second-order valence-electron chi connectivity index (χ2n) is 6.30. The predicted molar refractivity (Wildman–Crippen MR) is 113 cm³/mol. The third-order valence-corrected chi connectivity index (χ3v) is 4.09. The summed E-state index contributed by atoms with van der Waals surface area (Å²) in [5, 5.41) is 5.43. The summed E-state index contributed by atoms with van der Waals surface area (Å²) >= 11 is 0. The average Bonchev–Trinajstić information content (AvgIpc) is 2.76. The Kier molecular flexibility index (Phi) is 6.95.